The van der Waals surface area contributed by atoms with E-state index >= 15 is 0 Å². The van der Waals surface area contributed by atoms with E-state index in [9.17, 15) is 95.5 Å². The van der Waals surface area contributed by atoms with Crippen LogP contribution < -0.4 is 10.00 Å². The van der Waals surface area contributed by atoms with Crippen molar-refractivity contribution < 1.29 is 123 Å². The molecule has 0 aromatic carbocycles. The van der Waals surface area contributed by atoms with E-state index in [1.54, 1.807) is 0 Å². The topological polar surface area (TPSA) is 451 Å². The molecule has 2 saturated carbocycles. The SMILES string of the molecule is CCCCCCCCCCCCCCCCCCCCCCCCC(O)C([O-])=N[C@@H](COP(=O)([O-])O[C@@H]1[C@H](O)[C@H](O)[C@@H](O)[C@H](O)[C@H]1OC1O[C@H](COP(=O)(O)OC2[C@H](O)[C@H](O)C(O)[C@H](O)[C@H]2O)[C@@H](O)[C@H](O)[C@@H]1O)[C@H](O)CCCCCCCCCCCCCCC. The van der Waals surface area contributed by atoms with Crippen LogP contribution in [0.4, 0.5) is 0 Å². The molecule has 26 nitrogen and oxygen atoms in total. The predicted octanol–water partition coefficient (Wildman–Crippen LogP) is 4.15. The molecule has 0 radical (unpaired) electrons. The highest BCUT2D eigenvalue weighted by molar-refractivity contribution is 7.47. The third-order valence-electron chi connectivity index (χ3n) is 17.8. The molecular weight excluding hydrogens is 1220 g/mol. The second-order valence-corrected chi connectivity index (χ2v) is 28.3. The normalized spacial score (nSPS) is 31.7. The number of phosphoric acid groups is 2. The Kier molecular flexibility index (Phi) is 42.8. The molecule has 15 N–H and O–H groups in total. The average molecular weight is 1340 g/mol. The summed E-state index contributed by atoms with van der Waals surface area (Å²) in [5.41, 5.74) is 0. The zero-order valence-electron chi connectivity index (χ0n) is 53.8. The Morgan fingerprint density at radius 3 is 1.17 bits per heavy atom. The van der Waals surface area contributed by atoms with Crippen LogP contribution in [0.15, 0.2) is 4.99 Å². The molecule has 3 fully saturated rings. The quantitative estimate of drug-likeness (QED) is 0.0176. The summed E-state index contributed by atoms with van der Waals surface area (Å²) < 4.78 is 57.4. The van der Waals surface area contributed by atoms with Gasteiger partial charge in [-0.05, 0) is 18.7 Å². The van der Waals surface area contributed by atoms with Crippen LogP contribution in [-0.4, -0.2) is 218 Å². The lowest BCUT2D eigenvalue weighted by Gasteiger charge is -2.48. The number of phosphoric ester groups is 2. The Morgan fingerprint density at radius 2 is 0.767 bits per heavy atom. The van der Waals surface area contributed by atoms with E-state index < -0.39 is 157 Å². The first-order valence-corrected chi connectivity index (χ1v) is 37.2. The molecule has 3 aliphatic rings. The molecular formula is C62H119NO25P2-2. The lowest BCUT2D eigenvalue weighted by Crippen LogP contribution is -2.67. The third kappa shape index (κ3) is 31.1. The van der Waals surface area contributed by atoms with Crippen LogP contribution in [0, 0.1) is 0 Å². The van der Waals surface area contributed by atoms with Gasteiger partial charge in [0.25, 0.3) is 7.82 Å². The maximum absolute atomic E-state index is 13.7. The Balaban J connectivity index is 1.59. The number of aliphatic imine (C=N–C) groups is 1. The van der Waals surface area contributed by atoms with Crippen LogP contribution in [0.2, 0.25) is 0 Å². The molecule has 28 heteroatoms. The van der Waals surface area contributed by atoms with E-state index in [1.165, 1.54) is 141 Å². The standard InChI is InChI=1S/C62H121NO25P2/c1-3-5-7-9-11-13-15-17-18-19-20-21-22-23-24-25-27-29-31-33-35-37-39-44(65)61(78)63-42(43(64)38-36-34-32-30-28-26-16-14-12-10-8-6-4-2)40-83-89(79,80)88-60-56(76)52(72)51(71)55(75)59(60)86-62-57(77)47(67)46(66)45(85-62)41-84-90(81,82)87-58-53(73)49(69)48(68)50(70)54(58)74/h42-60,62,64-77H,3-41H2,1-2H3,(H,63,78)(H,79,80)(H,81,82)/p-2/t42-,43+,44?,45+,46+,47-,48?,49-,50+,51+,52+,53+,54+,55-,56+,57-,58?,59+,60+,62?/m0/s1. The number of rotatable bonds is 52. The van der Waals surface area contributed by atoms with Crippen molar-refractivity contribution in [3.05, 3.63) is 0 Å². The van der Waals surface area contributed by atoms with Gasteiger partial charge in [0.15, 0.2) is 6.29 Å². The molecule has 1 saturated heterocycles. The van der Waals surface area contributed by atoms with Crippen molar-refractivity contribution >= 4 is 21.5 Å². The number of unbranched alkanes of at least 4 members (excludes halogenated alkanes) is 33. The van der Waals surface area contributed by atoms with Gasteiger partial charge in [-0.25, -0.2) is 4.57 Å². The predicted molar refractivity (Wildman–Crippen MR) is 330 cm³/mol. The van der Waals surface area contributed by atoms with E-state index in [0.717, 1.165) is 64.2 Å². The number of nitrogens with zero attached hydrogens (tertiary/aromatic N) is 1. The minimum Gasteiger partial charge on any atom is -0.860 e. The molecule has 6 unspecified atom stereocenters. The van der Waals surface area contributed by atoms with E-state index in [1.807, 2.05) is 0 Å². The Labute approximate surface area is 534 Å². The minimum absolute atomic E-state index is 0.0564. The van der Waals surface area contributed by atoms with Gasteiger partial charge in [-0.2, -0.15) is 0 Å². The van der Waals surface area contributed by atoms with Gasteiger partial charge in [-0.1, -0.05) is 239 Å². The van der Waals surface area contributed by atoms with Crippen LogP contribution in [0.3, 0.4) is 0 Å². The first kappa shape index (κ1) is 83.3. The second kappa shape index (κ2) is 46.3. The van der Waals surface area contributed by atoms with Crippen molar-refractivity contribution in [3.8, 4) is 0 Å². The van der Waals surface area contributed by atoms with Gasteiger partial charge in [0, 0.05) is 0 Å². The molecule has 1 heterocycles. The summed E-state index contributed by atoms with van der Waals surface area (Å²) in [4.78, 5) is 28.1. The highest BCUT2D eigenvalue weighted by atomic mass is 31.2. The Bertz CT molecular complexity index is 1940. The van der Waals surface area contributed by atoms with E-state index in [-0.39, 0.29) is 12.8 Å². The Hall–Kier alpha value is -0.950. The summed E-state index contributed by atoms with van der Waals surface area (Å²) >= 11 is 0. The number of aliphatic hydroxyl groups is 14. The fourth-order valence-corrected chi connectivity index (χ4v) is 13.8. The maximum Gasteiger partial charge on any atom is 0.472 e. The fraction of sp³-hybridized carbons (Fsp3) is 0.984. The van der Waals surface area contributed by atoms with Gasteiger partial charge >= 0.3 is 7.82 Å². The summed E-state index contributed by atoms with van der Waals surface area (Å²) in [5, 5.41) is 162. The number of hydrogen-bond acceptors (Lipinski definition) is 25. The van der Waals surface area contributed by atoms with Crippen LogP contribution in [0.5, 0.6) is 0 Å². The zero-order chi connectivity index (χ0) is 66.7. The first-order valence-electron chi connectivity index (χ1n) is 34.3. The van der Waals surface area contributed by atoms with Crippen molar-refractivity contribution in [2.24, 2.45) is 4.99 Å². The smallest absolute Gasteiger partial charge is 0.472 e. The molecule has 0 aromatic heterocycles. The molecule has 22 atom stereocenters. The summed E-state index contributed by atoms with van der Waals surface area (Å²) in [7, 11) is -11.4. The highest BCUT2D eigenvalue weighted by Gasteiger charge is 2.56. The first-order chi connectivity index (χ1) is 42.9. The largest absolute Gasteiger partial charge is 0.860 e. The zero-order valence-corrected chi connectivity index (χ0v) is 55.5. The molecule has 3 rings (SSSR count). The van der Waals surface area contributed by atoms with E-state index in [2.05, 4.69) is 18.8 Å². The van der Waals surface area contributed by atoms with Gasteiger partial charge in [-0.3, -0.25) is 18.6 Å². The lowest BCUT2D eigenvalue weighted by molar-refractivity contribution is -0.341. The van der Waals surface area contributed by atoms with Gasteiger partial charge < -0.3 is 105 Å². The van der Waals surface area contributed by atoms with Crippen molar-refractivity contribution in [2.75, 3.05) is 13.2 Å². The molecule has 0 spiro atoms. The van der Waals surface area contributed by atoms with E-state index in [4.69, 9.17) is 27.6 Å². The molecule has 90 heavy (non-hydrogen) atoms. The van der Waals surface area contributed by atoms with Gasteiger partial charge in [0.1, 0.15) is 97.7 Å². The van der Waals surface area contributed by atoms with Gasteiger partial charge in [0.05, 0.1) is 31.5 Å². The summed E-state index contributed by atoms with van der Waals surface area (Å²) in [5.74, 6) is -1.02. The summed E-state index contributed by atoms with van der Waals surface area (Å²) in [6.45, 7) is 2.13. The molecule has 534 valence electrons. The molecule has 0 aromatic rings. The van der Waals surface area contributed by atoms with Crippen LogP contribution >= 0.6 is 15.6 Å². The van der Waals surface area contributed by atoms with Crippen LogP contribution in [0.1, 0.15) is 251 Å². The van der Waals surface area contributed by atoms with Gasteiger partial charge in [-0.15, -0.1) is 0 Å². The van der Waals surface area contributed by atoms with Crippen molar-refractivity contribution in [3.63, 3.8) is 0 Å². The maximum atomic E-state index is 13.7. The fourth-order valence-electron chi connectivity index (χ4n) is 11.9. The van der Waals surface area contributed by atoms with Crippen LogP contribution in [0.25, 0.3) is 0 Å². The van der Waals surface area contributed by atoms with Gasteiger partial charge in [0.2, 0.25) is 0 Å². The average Bonchev–Trinajstić information content (AvgIpc) is 1.00. The number of ether oxygens (including phenoxy) is 2. The Morgan fingerprint density at radius 1 is 0.433 bits per heavy atom. The second-order valence-electron chi connectivity index (χ2n) is 25.5. The van der Waals surface area contributed by atoms with Crippen molar-refractivity contribution in [1.29, 1.82) is 0 Å². The number of aliphatic hydroxyl groups excluding tert-OH is 14. The third-order valence-corrected chi connectivity index (χ3v) is 19.8. The van der Waals surface area contributed by atoms with Crippen molar-refractivity contribution in [1.82, 2.24) is 0 Å². The monoisotopic (exact) mass is 1340 g/mol. The van der Waals surface area contributed by atoms with E-state index in [0.29, 0.717) is 19.3 Å². The molecule has 0 bridgehead atoms. The summed E-state index contributed by atoms with van der Waals surface area (Å²) in [6.07, 6.45) is -1.18. The minimum atomic E-state index is -5.85. The molecule has 2 aliphatic carbocycles. The number of hydrogen-bond donors (Lipinski definition) is 15. The lowest BCUT2D eigenvalue weighted by atomic mass is 9.84. The molecule has 0 amide bonds. The van der Waals surface area contributed by atoms with Crippen LogP contribution in [-0.2, 0) is 36.7 Å². The highest BCUT2D eigenvalue weighted by Crippen LogP contribution is 2.48. The molecule has 1 aliphatic heterocycles. The summed E-state index contributed by atoms with van der Waals surface area (Å²) in [6, 6.07) is -1.58. The van der Waals surface area contributed by atoms with Crippen molar-refractivity contribution in [2.45, 2.75) is 374 Å².